The van der Waals surface area contributed by atoms with E-state index in [1.807, 2.05) is 12.4 Å². The zero-order valence-electron chi connectivity index (χ0n) is 17.6. The molecule has 6 heteroatoms. The van der Waals surface area contributed by atoms with Gasteiger partial charge in [0.15, 0.2) is 5.96 Å². The molecule has 0 saturated carbocycles. The molecule has 1 fully saturated rings. The fourth-order valence-electron chi connectivity index (χ4n) is 3.78. The number of nitrogens with one attached hydrogen (secondary N) is 2. The third kappa shape index (κ3) is 7.26. The second-order valence-electron chi connectivity index (χ2n) is 7.37. The molecule has 29 heavy (non-hydrogen) atoms. The van der Waals surface area contributed by atoms with E-state index in [0.717, 1.165) is 32.0 Å². The summed E-state index contributed by atoms with van der Waals surface area (Å²) in [5, 5.41) is 6.88. The molecule has 1 aliphatic rings. The van der Waals surface area contributed by atoms with Crippen LogP contribution in [0.5, 0.6) is 0 Å². The molecule has 1 aromatic carbocycles. The molecule has 2 heterocycles. The highest BCUT2D eigenvalue weighted by molar-refractivity contribution is 14.0. The minimum absolute atomic E-state index is 0. The molecule has 2 N–H and O–H groups in total. The van der Waals surface area contributed by atoms with Crippen molar-refractivity contribution in [3.05, 3.63) is 65.5 Å². The van der Waals surface area contributed by atoms with Crippen LogP contribution in [0, 0.1) is 6.92 Å². The molecular formula is C23H34IN5. The lowest BCUT2D eigenvalue weighted by molar-refractivity contribution is 0.251. The summed E-state index contributed by atoms with van der Waals surface area (Å²) in [6, 6.07) is 13.2. The first-order valence-electron chi connectivity index (χ1n) is 10.5. The highest BCUT2D eigenvalue weighted by Crippen LogP contribution is 2.25. The summed E-state index contributed by atoms with van der Waals surface area (Å²) in [5.74, 6) is 0.898. The zero-order chi connectivity index (χ0) is 19.6. The highest BCUT2D eigenvalue weighted by atomic mass is 127. The number of likely N-dealkylation sites (tertiary alicyclic amines) is 1. The lowest BCUT2D eigenvalue weighted by Crippen LogP contribution is -2.39. The van der Waals surface area contributed by atoms with E-state index < -0.39 is 0 Å². The Morgan fingerprint density at radius 1 is 1.14 bits per heavy atom. The van der Waals surface area contributed by atoms with Gasteiger partial charge in [-0.05, 0) is 69.0 Å². The maximum absolute atomic E-state index is 4.93. The summed E-state index contributed by atoms with van der Waals surface area (Å²) in [6.07, 6.45) is 7.33. The summed E-state index contributed by atoms with van der Waals surface area (Å²) < 4.78 is 0. The van der Waals surface area contributed by atoms with E-state index in [1.54, 1.807) is 0 Å². The summed E-state index contributed by atoms with van der Waals surface area (Å²) in [7, 11) is 0. The minimum atomic E-state index is 0. The number of rotatable bonds is 8. The number of aliphatic imine (C=N–C) groups is 1. The van der Waals surface area contributed by atoms with Crippen LogP contribution < -0.4 is 10.6 Å². The molecular weight excluding hydrogens is 473 g/mol. The SMILES string of the molecule is CCNC(=NCC(c1ccccc1)N1CCCC1)NCCc1ccncc1C.I. The van der Waals surface area contributed by atoms with Gasteiger partial charge in [-0.25, -0.2) is 0 Å². The van der Waals surface area contributed by atoms with Gasteiger partial charge >= 0.3 is 0 Å². The average Bonchev–Trinajstić information content (AvgIpc) is 3.25. The van der Waals surface area contributed by atoms with E-state index in [1.165, 1.54) is 42.6 Å². The average molecular weight is 507 g/mol. The van der Waals surface area contributed by atoms with E-state index in [9.17, 15) is 0 Å². The van der Waals surface area contributed by atoms with E-state index in [4.69, 9.17) is 4.99 Å². The number of nitrogens with zero attached hydrogens (tertiary/aromatic N) is 3. The molecule has 1 aromatic heterocycles. The molecule has 1 saturated heterocycles. The van der Waals surface area contributed by atoms with Crippen molar-refractivity contribution in [3.63, 3.8) is 0 Å². The Hall–Kier alpha value is -1.67. The first-order valence-corrected chi connectivity index (χ1v) is 10.5. The Morgan fingerprint density at radius 3 is 2.59 bits per heavy atom. The van der Waals surface area contributed by atoms with Crippen molar-refractivity contribution in [1.29, 1.82) is 0 Å². The first-order chi connectivity index (χ1) is 13.8. The first kappa shape index (κ1) is 23.6. The lowest BCUT2D eigenvalue weighted by Gasteiger charge is -2.27. The number of pyridine rings is 1. The van der Waals surface area contributed by atoms with Crippen molar-refractivity contribution in [1.82, 2.24) is 20.5 Å². The van der Waals surface area contributed by atoms with Crippen molar-refractivity contribution < 1.29 is 0 Å². The van der Waals surface area contributed by atoms with Crippen molar-refractivity contribution in [2.24, 2.45) is 4.99 Å². The van der Waals surface area contributed by atoms with Crippen LogP contribution in [0.1, 0.15) is 42.5 Å². The Labute approximate surface area is 192 Å². The Balaban J connectivity index is 0.00000300. The number of hydrogen-bond acceptors (Lipinski definition) is 3. The number of guanidine groups is 1. The van der Waals surface area contributed by atoms with Crippen LogP contribution in [-0.2, 0) is 6.42 Å². The van der Waals surface area contributed by atoms with Gasteiger partial charge in [0, 0.05) is 25.5 Å². The second kappa shape index (κ2) is 12.8. The number of hydrogen-bond donors (Lipinski definition) is 2. The third-order valence-corrected chi connectivity index (χ3v) is 5.36. The summed E-state index contributed by atoms with van der Waals surface area (Å²) in [4.78, 5) is 11.7. The molecule has 1 aliphatic heterocycles. The zero-order valence-corrected chi connectivity index (χ0v) is 19.9. The quantitative estimate of drug-likeness (QED) is 0.323. The van der Waals surface area contributed by atoms with Gasteiger partial charge in [0.25, 0.3) is 0 Å². The maximum Gasteiger partial charge on any atom is 0.191 e. The van der Waals surface area contributed by atoms with Gasteiger partial charge in [-0.2, -0.15) is 0 Å². The molecule has 0 spiro atoms. The molecule has 2 aromatic rings. The fraction of sp³-hybridized carbons (Fsp3) is 0.478. The van der Waals surface area contributed by atoms with Crippen LogP contribution in [0.15, 0.2) is 53.8 Å². The van der Waals surface area contributed by atoms with Crippen LogP contribution in [0.3, 0.4) is 0 Å². The fourth-order valence-corrected chi connectivity index (χ4v) is 3.78. The Kier molecular flexibility index (Phi) is 10.4. The van der Waals surface area contributed by atoms with Gasteiger partial charge in [0.05, 0.1) is 12.6 Å². The molecule has 1 unspecified atom stereocenters. The standard InChI is InChI=1S/C23H33N5.HI/c1-3-25-23(26-14-12-20-11-13-24-17-19(20)2)27-18-22(28-15-7-8-16-28)21-9-5-4-6-10-21;/h4-6,9-11,13,17,22H,3,7-8,12,14-16,18H2,1-2H3,(H2,25,26,27);1H. The number of benzene rings is 1. The lowest BCUT2D eigenvalue weighted by atomic mass is 10.1. The third-order valence-electron chi connectivity index (χ3n) is 5.36. The van der Waals surface area contributed by atoms with Gasteiger partial charge in [-0.3, -0.25) is 14.9 Å². The smallest absolute Gasteiger partial charge is 0.191 e. The normalized spacial score (nSPS) is 15.6. The summed E-state index contributed by atoms with van der Waals surface area (Å²) in [6.45, 7) is 9.05. The molecule has 0 bridgehead atoms. The molecule has 3 rings (SSSR count). The van der Waals surface area contributed by atoms with Crippen LogP contribution in [0.25, 0.3) is 0 Å². The second-order valence-corrected chi connectivity index (χ2v) is 7.37. The van der Waals surface area contributed by atoms with Crippen LogP contribution >= 0.6 is 24.0 Å². The summed E-state index contributed by atoms with van der Waals surface area (Å²) in [5.41, 5.74) is 3.93. The minimum Gasteiger partial charge on any atom is -0.357 e. The molecule has 0 radical (unpaired) electrons. The number of halogens is 1. The van der Waals surface area contributed by atoms with E-state index in [2.05, 4.69) is 70.8 Å². The number of aromatic nitrogens is 1. The molecule has 5 nitrogen and oxygen atoms in total. The van der Waals surface area contributed by atoms with Crippen LogP contribution in [0.4, 0.5) is 0 Å². The Bertz CT molecular complexity index is 744. The van der Waals surface area contributed by atoms with E-state index >= 15 is 0 Å². The van der Waals surface area contributed by atoms with Crippen molar-refractivity contribution in [2.75, 3.05) is 32.7 Å². The van der Waals surface area contributed by atoms with Gasteiger partial charge in [-0.15, -0.1) is 24.0 Å². The van der Waals surface area contributed by atoms with Crippen LogP contribution in [-0.4, -0.2) is 48.6 Å². The highest BCUT2D eigenvalue weighted by Gasteiger charge is 2.23. The number of aryl methyl sites for hydroxylation is 1. The maximum atomic E-state index is 4.93. The van der Waals surface area contributed by atoms with E-state index in [-0.39, 0.29) is 24.0 Å². The van der Waals surface area contributed by atoms with Crippen molar-refractivity contribution in [3.8, 4) is 0 Å². The van der Waals surface area contributed by atoms with Gasteiger partial charge in [0.1, 0.15) is 0 Å². The predicted molar refractivity (Wildman–Crippen MR) is 132 cm³/mol. The van der Waals surface area contributed by atoms with Gasteiger partial charge in [-0.1, -0.05) is 30.3 Å². The molecule has 1 atom stereocenters. The van der Waals surface area contributed by atoms with Gasteiger partial charge in [0.2, 0.25) is 0 Å². The Morgan fingerprint density at radius 2 is 1.90 bits per heavy atom. The van der Waals surface area contributed by atoms with E-state index in [0.29, 0.717) is 6.04 Å². The van der Waals surface area contributed by atoms with Crippen molar-refractivity contribution in [2.45, 2.75) is 39.2 Å². The monoisotopic (exact) mass is 507 g/mol. The molecule has 158 valence electrons. The molecule has 0 aliphatic carbocycles. The summed E-state index contributed by atoms with van der Waals surface area (Å²) >= 11 is 0. The molecule has 0 amide bonds. The topological polar surface area (TPSA) is 52.6 Å². The van der Waals surface area contributed by atoms with Gasteiger partial charge < -0.3 is 10.6 Å². The largest absolute Gasteiger partial charge is 0.357 e. The van der Waals surface area contributed by atoms with Crippen LogP contribution in [0.2, 0.25) is 0 Å². The predicted octanol–water partition coefficient (Wildman–Crippen LogP) is 3.94. The van der Waals surface area contributed by atoms with Crippen molar-refractivity contribution >= 4 is 29.9 Å².